The van der Waals surface area contributed by atoms with Gasteiger partial charge in [-0.05, 0) is 43.5 Å². The van der Waals surface area contributed by atoms with Gasteiger partial charge in [0.15, 0.2) is 0 Å². The van der Waals surface area contributed by atoms with E-state index in [0.29, 0.717) is 22.2 Å². The molecule has 1 saturated heterocycles. The molecule has 5 nitrogen and oxygen atoms in total. The lowest BCUT2D eigenvalue weighted by molar-refractivity contribution is -0.119. The van der Waals surface area contributed by atoms with Gasteiger partial charge in [-0.3, -0.25) is 15.2 Å². The van der Waals surface area contributed by atoms with Crippen molar-refractivity contribution in [3.05, 3.63) is 51.5 Å². The van der Waals surface area contributed by atoms with Crippen LogP contribution in [0.5, 0.6) is 0 Å². The van der Waals surface area contributed by atoms with E-state index in [0.717, 1.165) is 43.1 Å². The average molecular weight is 454 g/mol. The number of hydrazone groups is 1. The van der Waals surface area contributed by atoms with Crippen LogP contribution < -0.4 is 10.4 Å². The Hall–Kier alpha value is -1.53. The van der Waals surface area contributed by atoms with Gasteiger partial charge in [-0.15, -0.1) is 0 Å². The first kappa shape index (κ1) is 20.7. The first-order chi connectivity index (χ1) is 14.0. The molecule has 1 aliphatic carbocycles. The van der Waals surface area contributed by atoms with Crippen molar-refractivity contribution < 1.29 is 4.79 Å². The molecule has 29 heavy (non-hydrogen) atoms. The van der Waals surface area contributed by atoms with Crippen LogP contribution in [0.1, 0.15) is 32.1 Å². The number of halogens is 3. The van der Waals surface area contributed by atoms with E-state index in [2.05, 4.69) is 16.6 Å². The Balaban J connectivity index is 1.58. The van der Waals surface area contributed by atoms with Gasteiger partial charge >= 0.3 is 0 Å². The van der Waals surface area contributed by atoms with Gasteiger partial charge in [0.2, 0.25) is 0 Å². The number of nitrogens with one attached hydrogen (secondary N) is 1. The summed E-state index contributed by atoms with van der Waals surface area (Å²) in [5.74, 6) is 0.0335. The minimum Gasteiger partial charge on any atom is -0.284 e. The predicted octanol–water partition coefficient (Wildman–Crippen LogP) is 5.14. The maximum atomic E-state index is 12.9. The summed E-state index contributed by atoms with van der Waals surface area (Å²) in [5, 5.41) is 10.4. The number of carbonyl (C=O) groups excluding carboxylic acids is 1. The van der Waals surface area contributed by atoms with Crippen LogP contribution >= 0.6 is 34.8 Å². The summed E-state index contributed by atoms with van der Waals surface area (Å²) < 4.78 is 0. The Morgan fingerprint density at radius 1 is 1.14 bits per heavy atom. The molecule has 8 heteroatoms. The van der Waals surface area contributed by atoms with Crippen LogP contribution in [0.2, 0.25) is 10.0 Å². The molecule has 1 aromatic rings. The number of rotatable bonds is 4. The predicted molar refractivity (Wildman–Crippen MR) is 120 cm³/mol. The lowest BCUT2D eigenvalue weighted by Crippen LogP contribution is -2.47. The lowest BCUT2D eigenvalue weighted by atomic mass is 9.89. The number of amides is 1. The molecule has 154 valence electrons. The quantitative estimate of drug-likeness (QED) is 0.686. The maximum Gasteiger partial charge on any atom is 0.281 e. The molecule has 3 aliphatic rings. The van der Waals surface area contributed by atoms with E-state index in [-0.39, 0.29) is 17.9 Å². The Labute approximate surface area is 185 Å². The summed E-state index contributed by atoms with van der Waals surface area (Å²) in [5.41, 5.74) is 4.28. The zero-order chi connectivity index (χ0) is 20.4. The molecule has 0 radical (unpaired) electrons. The molecule has 2 aliphatic heterocycles. The molecule has 1 fully saturated rings. The zero-order valence-corrected chi connectivity index (χ0v) is 18.2. The summed E-state index contributed by atoms with van der Waals surface area (Å²) in [6.07, 6.45) is 10.7. The average Bonchev–Trinajstić information content (AvgIpc) is 3.14. The molecular weight excluding hydrogens is 431 g/mol. The van der Waals surface area contributed by atoms with Gasteiger partial charge in [-0.2, -0.15) is 5.10 Å². The van der Waals surface area contributed by atoms with Crippen molar-refractivity contribution in [3.8, 4) is 0 Å². The van der Waals surface area contributed by atoms with Crippen LogP contribution in [0.3, 0.4) is 0 Å². The van der Waals surface area contributed by atoms with E-state index >= 15 is 0 Å². The van der Waals surface area contributed by atoms with Crippen molar-refractivity contribution in [2.24, 2.45) is 11.0 Å². The molecule has 4 rings (SSSR count). The lowest BCUT2D eigenvalue weighted by Gasteiger charge is -2.30. The number of benzene rings is 1. The minimum atomic E-state index is -0.141. The number of nitrogens with zero attached hydrogens (tertiary/aromatic N) is 3. The number of hydrogen-bond donors (Lipinski definition) is 1. The van der Waals surface area contributed by atoms with Crippen molar-refractivity contribution >= 4 is 52.1 Å². The normalized spacial score (nSPS) is 25.0. The summed E-state index contributed by atoms with van der Waals surface area (Å²) in [6.45, 7) is 1.76. The van der Waals surface area contributed by atoms with Crippen molar-refractivity contribution in [3.63, 3.8) is 0 Å². The summed E-state index contributed by atoms with van der Waals surface area (Å²) in [7, 11) is 0. The molecular formula is C21H23Cl3N4O. The van der Waals surface area contributed by atoms with Gasteiger partial charge in [-0.25, -0.2) is 5.01 Å². The number of hydrogen-bond acceptors (Lipinski definition) is 4. The highest BCUT2D eigenvalue weighted by molar-refractivity contribution is 6.40. The van der Waals surface area contributed by atoms with Crippen LogP contribution in [-0.2, 0) is 4.79 Å². The van der Waals surface area contributed by atoms with Crippen LogP contribution in [-0.4, -0.2) is 35.8 Å². The summed E-state index contributed by atoms with van der Waals surface area (Å²) in [6, 6.07) is 5.31. The van der Waals surface area contributed by atoms with E-state index < -0.39 is 0 Å². The third-order valence-electron chi connectivity index (χ3n) is 5.56. The fourth-order valence-corrected chi connectivity index (χ4v) is 4.67. The highest BCUT2D eigenvalue weighted by atomic mass is 35.5. The van der Waals surface area contributed by atoms with Crippen molar-refractivity contribution in [2.45, 2.75) is 38.1 Å². The first-order valence-electron chi connectivity index (χ1n) is 9.93. The number of anilines is 1. The molecule has 0 unspecified atom stereocenters. The van der Waals surface area contributed by atoms with Crippen LogP contribution in [0.15, 0.2) is 46.6 Å². The van der Waals surface area contributed by atoms with Gasteiger partial charge in [0, 0.05) is 35.5 Å². The van der Waals surface area contributed by atoms with Gasteiger partial charge < -0.3 is 0 Å². The van der Waals surface area contributed by atoms with Crippen LogP contribution in [0.4, 0.5) is 5.69 Å². The minimum absolute atomic E-state index is 0.0203. The third kappa shape index (κ3) is 4.80. The molecule has 0 saturated carbocycles. The number of allylic oxidation sites excluding steroid dienone is 3. The van der Waals surface area contributed by atoms with E-state index in [1.54, 1.807) is 12.1 Å². The third-order valence-corrected chi connectivity index (χ3v) is 6.38. The van der Waals surface area contributed by atoms with Crippen molar-refractivity contribution in [1.82, 2.24) is 10.4 Å². The van der Waals surface area contributed by atoms with Crippen LogP contribution in [0.25, 0.3) is 0 Å². The molecule has 1 amide bonds. The number of hydrazine groups is 1. The monoisotopic (exact) mass is 452 g/mol. The number of piperidine rings is 1. The van der Waals surface area contributed by atoms with Crippen molar-refractivity contribution in [2.75, 3.05) is 18.1 Å². The maximum absolute atomic E-state index is 12.9. The SMILES string of the molecule is O=C(NN1CCCCC1)C1=NN(c2ccc(Cl)cc2Cl)[C@H]([C@H]2C=CC(Cl)=CC2)C1. The van der Waals surface area contributed by atoms with E-state index in [1.807, 2.05) is 28.2 Å². The highest BCUT2D eigenvalue weighted by Gasteiger charge is 2.37. The largest absolute Gasteiger partial charge is 0.284 e. The van der Waals surface area contributed by atoms with Gasteiger partial charge in [0.05, 0.1) is 16.8 Å². The van der Waals surface area contributed by atoms with E-state index in [4.69, 9.17) is 34.8 Å². The Kier molecular flexibility index (Phi) is 6.50. The molecule has 0 spiro atoms. The van der Waals surface area contributed by atoms with E-state index in [9.17, 15) is 4.79 Å². The molecule has 1 aromatic carbocycles. The topological polar surface area (TPSA) is 47.9 Å². The Morgan fingerprint density at radius 2 is 1.93 bits per heavy atom. The molecule has 1 N–H and O–H groups in total. The Morgan fingerprint density at radius 3 is 2.62 bits per heavy atom. The van der Waals surface area contributed by atoms with Gasteiger partial charge in [0.25, 0.3) is 5.91 Å². The fourth-order valence-electron chi connectivity index (χ4n) is 4.01. The standard InChI is InChI=1S/C21H23Cl3N4O/c22-15-6-4-14(5-7-15)20-13-18(21(29)26-27-10-2-1-3-11-27)25-28(20)19-9-8-16(23)12-17(19)24/h4,6-9,12,14,20H,1-3,5,10-11,13H2,(H,26,29)/t14-,20-/m0/s1. The smallest absolute Gasteiger partial charge is 0.281 e. The summed E-state index contributed by atoms with van der Waals surface area (Å²) in [4.78, 5) is 12.9. The molecule has 0 bridgehead atoms. The second-order valence-corrected chi connectivity index (χ2v) is 8.87. The number of carbonyl (C=O) groups is 1. The first-order valence-corrected chi connectivity index (χ1v) is 11.1. The fraction of sp³-hybridized carbons (Fsp3) is 0.429. The summed E-state index contributed by atoms with van der Waals surface area (Å²) >= 11 is 18.6. The Bertz CT molecular complexity index is 877. The zero-order valence-electron chi connectivity index (χ0n) is 16.0. The molecule has 2 heterocycles. The molecule has 0 aromatic heterocycles. The second-order valence-electron chi connectivity index (χ2n) is 7.59. The van der Waals surface area contributed by atoms with E-state index in [1.165, 1.54) is 6.42 Å². The second kappa shape index (κ2) is 9.09. The molecule has 2 atom stereocenters. The van der Waals surface area contributed by atoms with Crippen LogP contribution in [0, 0.1) is 5.92 Å². The van der Waals surface area contributed by atoms with Gasteiger partial charge in [0.1, 0.15) is 5.71 Å². The van der Waals surface area contributed by atoms with Gasteiger partial charge in [-0.1, -0.05) is 53.4 Å². The highest BCUT2D eigenvalue weighted by Crippen LogP contribution is 2.38. The van der Waals surface area contributed by atoms with Crippen molar-refractivity contribution in [1.29, 1.82) is 0 Å².